The summed E-state index contributed by atoms with van der Waals surface area (Å²) in [7, 11) is 0. The van der Waals surface area contributed by atoms with Gasteiger partial charge in [0.05, 0.1) is 22.5 Å². The third-order valence-corrected chi connectivity index (χ3v) is 9.24. The molecule has 12 heteroatoms. The van der Waals surface area contributed by atoms with Gasteiger partial charge in [0.15, 0.2) is 0 Å². The first kappa shape index (κ1) is 34.1. The van der Waals surface area contributed by atoms with E-state index in [0.717, 1.165) is 28.8 Å². The Kier molecular flexibility index (Phi) is 9.74. The predicted molar refractivity (Wildman–Crippen MR) is 183 cm³/mol. The fourth-order valence-electron chi connectivity index (χ4n) is 6.44. The highest BCUT2D eigenvalue weighted by Crippen LogP contribution is 2.42. The number of anilines is 3. The van der Waals surface area contributed by atoms with Gasteiger partial charge in [-0.2, -0.15) is 0 Å². The number of carbonyl (C=O) groups excluding carboxylic acids is 2. The second kappa shape index (κ2) is 13.4. The molecule has 47 heavy (non-hydrogen) atoms. The van der Waals surface area contributed by atoms with Gasteiger partial charge in [-0.25, -0.2) is 19.1 Å². The molecule has 0 radical (unpaired) electrons. The second-order valence-electron chi connectivity index (χ2n) is 13.9. The molecular weight excluding hydrogens is 616 g/mol. The van der Waals surface area contributed by atoms with Crippen molar-refractivity contribution in [1.29, 1.82) is 0 Å². The summed E-state index contributed by atoms with van der Waals surface area (Å²) in [5.41, 5.74) is 8.60. The second-order valence-corrected chi connectivity index (χ2v) is 14.7. The first-order valence-electron chi connectivity index (χ1n) is 15.8. The lowest BCUT2D eigenvalue weighted by Gasteiger charge is -2.37. The number of pyridine rings is 2. The number of amides is 2. The molecule has 2 aromatic heterocycles. The van der Waals surface area contributed by atoms with Gasteiger partial charge in [0.1, 0.15) is 24.1 Å². The van der Waals surface area contributed by atoms with Crippen LogP contribution in [0.2, 0.25) is 0 Å². The molecule has 2 N–H and O–H groups in total. The zero-order valence-corrected chi connectivity index (χ0v) is 28.7. The Bertz CT molecular complexity index is 1700. The lowest BCUT2D eigenvalue weighted by molar-refractivity contribution is 0.0994. The quantitative estimate of drug-likeness (QED) is 0.309. The predicted octanol–water partition coefficient (Wildman–Crippen LogP) is 5.85. The smallest absolute Gasteiger partial charge is 0.410 e. The fourth-order valence-corrected chi connectivity index (χ4v) is 6.93. The molecule has 0 aliphatic carbocycles. The van der Waals surface area contributed by atoms with Crippen LogP contribution in [0.15, 0.2) is 60.7 Å². The molecular formula is C35H43N6O5S-. The highest BCUT2D eigenvalue weighted by molar-refractivity contribution is 7.81. The molecule has 2 amide bonds. The monoisotopic (exact) mass is 659 g/mol. The average molecular weight is 660 g/mol. The van der Waals surface area contributed by atoms with Crippen molar-refractivity contribution in [3.05, 3.63) is 83.1 Å². The number of carbonyl (C=O) groups is 2. The van der Waals surface area contributed by atoms with Gasteiger partial charge >= 0.3 is 6.09 Å². The molecule has 3 aromatic rings. The molecule has 5 rings (SSSR count). The van der Waals surface area contributed by atoms with Crippen molar-refractivity contribution in [2.45, 2.75) is 71.9 Å². The summed E-state index contributed by atoms with van der Waals surface area (Å²) in [6, 6.07) is 15.8. The van der Waals surface area contributed by atoms with Crippen molar-refractivity contribution in [1.82, 2.24) is 14.9 Å². The summed E-state index contributed by atoms with van der Waals surface area (Å²) in [6.45, 7) is 14.1. The van der Waals surface area contributed by atoms with E-state index in [4.69, 9.17) is 15.5 Å². The van der Waals surface area contributed by atoms with E-state index in [2.05, 4.69) is 51.4 Å². The Morgan fingerprint density at radius 3 is 2.43 bits per heavy atom. The largest absolute Gasteiger partial charge is 0.755 e. The van der Waals surface area contributed by atoms with Crippen molar-refractivity contribution >= 4 is 46.3 Å². The van der Waals surface area contributed by atoms with Crippen LogP contribution in [-0.4, -0.2) is 60.8 Å². The van der Waals surface area contributed by atoms with Gasteiger partial charge in [-0.15, -0.1) is 0 Å². The van der Waals surface area contributed by atoms with Crippen molar-refractivity contribution in [3.63, 3.8) is 0 Å². The van der Waals surface area contributed by atoms with E-state index in [9.17, 15) is 18.4 Å². The van der Waals surface area contributed by atoms with Crippen LogP contribution in [0.3, 0.4) is 0 Å². The lowest BCUT2D eigenvalue weighted by atomic mass is 9.83. The van der Waals surface area contributed by atoms with Gasteiger partial charge in [-0.05, 0) is 61.9 Å². The van der Waals surface area contributed by atoms with Gasteiger partial charge in [0.25, 0.3) is 5.91 Å². The number of aromatic nitrogens is 2. The summed E-state index contributed by atoms with van der Waals surface area (Å²) in [5, 5.41) is 0. The normalized spacial score (nSPS) is 18.4. The summed E-state index contributed by atoms with van der Waals surface area (Å²) < 4.78 is 31.4. The number of nitrogens with two attached hydrogens (primary N) is 1. The Morgan fingerprint density at radius 2 is 1.85 bits per heavy atom. The molecule has 1 aromatic carbocycles. The molecule has 0 saturated carbocycles. The topological polar surface area (TPSA) is 145 Å². The Hall–Kier alpha value is -4.29. The maximum Gasteiger partial charge on any atom is 0.410 e. The highest BCUT2D eigenvalue weighted by Gasteiger charge is 2.41. The summed E-state index contributed by atoms with van der Waals surface area (Å²) in [4.78, 5) is 40.4. The number of nitrogen functional groups attached to an aromatic ring is 1. The molecule has 4 heterocycles. The van der Waals surface area contributed by atoms with Gasteiger partial charge in [-0.3, -0.25) is 9.00 Å². The summed E-state index contributed by atoms with van der Waals surface area (Å²) in [6.07, 6.45) is 2.93. The maximum atomic E-state index is 14.4. The van der Waals surface area contributed by atoms with E-state index in [1.807, 2.05) is 36.4 Å². The first-order valence-corrected chi connectivity index (χ1v) is 16.8. The van der Waals surface area contributed by atoms with Crippen LogP contribution in [0.5, 0.6) is 0 Å². The summed E-state index contributed by atoms with van der Waals surface area (Å²) in [5.74, 6) is -0.0344. The van der Waals surface area contributed by atoms with Crippen molar-refractivity contribution in [2.24, 2.45) is 5.92 Å². The van der Waals surface area contributed by atoms with Crippen LogP contribution in [0, 0.1) is 5.92 Å². The van der Waals surface area contributed by atoms with Crippen molar-refractivity contribution in [2.75, 3.05) is 34.6 Å². The number of nitrogens with zero attached hydrogens (tertiary/aromatic N) is 5. The number of hydrogen-bond acceptors (Lipinski definition) is 9. The van der Waals surface area contributed by atoms with E-state index in [-0.39, 0.29) is 29.3 Å². The molecule has 2 atom stereocenters. The van der Waals surface area contributed by atoms with E-state index < -0.39 is 28.7 Å². The number of rotatable bonds is 7. The summed E-state index contributed by atoms with van der Waals surface area (Å²) >= 11 is -2.99. The van der Waals surface area contributed by atoms with Crippen LogP contribution >= 0.6 is 0 Å². The van der Waals surface area contributed by atoms with E-state index >= 15 is 0 Å². The number of ether oxygens (including phenoxy) is 1. The SMILES string of the molecule is CC1CN(c2nc(C(C)(C)C)c(C3=CCN(C(=O)OCc4ccccc4)CC3)cc2C(=O)N(c2cccc(N)n2)S(=O)[O-])C(C)(C)C1. The maximum absolute atomic E-state index is 14.4. The van der Waals surface area contributed by atoms with Crippen LogP contribution in [-0.2, 0) is 28.0 Å². The van der Waals surface area contributed by atoms with E-state index in [1.54, 1.807) is 17.0 Å². The molecule has 2 aliphatic rings. The van der Waals surface area contributed by atoms with E-state index in [0.29, 0.717) is 42.1 Å². The third-order valence-electron chi connectivity index (χ3n) is 8.59. The van der Waals surface area contributed by atoms with Crippen LogP contribution in [0.25, 0.3) is 5.57 Å². The average Bonchev–Trinajstić information content (AvgIpc) is 3.30. The molecule has 250 valence electrons. The minimum absolute atomic E-state index is 0.0848. The Labute approximate surface area is 279 Å². The van der Waals surface area contributed by atoms with Crippen molar-refractivity contribution in [3.8, 4) is 0 Å². The fraction of sp³-hybridized carbons (Fsp3) is 0.429. The Balaban J connectivity index is 1.57. The van der Waals surface area contributed by atoms with Crippen LogP contribution in [0.4, 0.5) is 22.2 Å². The molecule has 1 saturated heterocycles. The minimum Gasteiger partial charge on any atom is -0.755 e. The standard InChI is InChI=1S/C35H44N6O5S/c1-23-20-35(5,6)40(21-23)31-27(32(42)41(47(44)45)29-14-10-13-28(36)37-29)19-26(30(38-31)34(2,3)4)25-15-17-39(18-16-25)33(43)46-22-24-11-8-7-9-12-24/h7-15,19,23H,16-18,20-22H2,1-6H3,(H2,36,37)(H,44,45)/p-1. The van der Waals surface area contributed by atoms with Gasteiger partial charge in [-0.1, -0.05) is 70.2 Å². The molecule has 0 bridgehead atoms. The van der Waals surface area contributed by atoms with Gasteiger partial charge in [0, 0.05) is 36.2 Å². The van der Waals surface area contributed by atoms with Gasteiger partial charge < -0.3 is 24.8 Å². The van der Waals surface area contributed by atoms with Crippen LogP contribution < -0.4 is 14.9 Å². The highest BCUT2D eigenvalue weighted by atomic mass is 32.2. The Morgan fingerprint density at radius 1 is 1.13 bits per heavy atom. The van der Waals surface area contributed by atoms with Crippen LogP contribution in [0.1, 0.15) is 81.6 Å². The van der Waals surface area contributed by atoms with E-state index in [1.165, 1.54) is 12.1 Å². The molecule has 2 unspecified atom stereocenters. The lowest BCUT2D eigenvalue weighted by Crippen LogP contribution is -2.42. The molecule has 2 aliphatic heterocycles. The number of benzene rings is 1. The minimum atomic E-state index is -2.99. The molecule has 11 nitrogen and oxygen atoms in total. The number of hydrogen-bond donors (Lipinski definition) is 1. The first-order chi connectivity index (χ1) is 22.2. The zero-order chi connectivity index (χ0) is 34.1. The third kappa shape index (κ3) is 7.49. The molecule has 1 fully saturated rings. The molecule has 0 spiro atoms. The van der Waals surface area contributed by atoms with Gasteiger partial charge in [0.2, 0.25) is 0 Å². The zero-order valence-electron chi connectivity index (χ0n) is 27.9. The van der Waals surface area contributed by atoms with Crippen molar-refractivity contribution < 1.29 is 23.1 Å².